The van der Waals surface area contributed by atoms with Crippen molar-refractivity contribution in [2.45, 2.75) is 23.9 Å². The lowest BCUT2D eigenvalue weighted by molar-refractivity contribution is -0.133. The molecule has 0 aliphatic carbocycles. The summed E-state index contributed by atoms with van der Waals surface area (Å²) in [5, 5.41) is 9.33. The summed E-state index contributed by atoms with van der Waals surface area (Å²) in [6.07, 6.45) is 3.32. The second-order valence-electron chi connectivity index (χ2n) is 4.49. The molecule has 0 aliphatic rings. The number of imidazole rings is 1. The molecule has 0 radical (unpaired) electrons. The molecule has 0 amide bonds. The average molecular weight is 392 g/mol. The molecular weight excluding hydrogens is 378 g/mol. The molecule has 2 heterocycles. The Balaban J connectivity index is 2.43. The molecule has 114 valence electrons. The van der Waals surface area contributed by atoms with Gasteiger partial charge >= 0.3 is 5.97 Å². The molecule has 0 spiro atoms. The van der Waals surface area contributed by atoms with Gasteiger partial charge in [0.15, 0.2) is 10.8 Å². The fraction of sp³-hybridized carbons (Fsp3) is 0.417. The topological polar surface area (TPSA) is 85.1 Å². The van der Waals surface area contributed by atoms with Crippen molar-refractivity contribution in [3.05, 3.63) is 16.7 Å². The van der Waals surface area contributed by atoms with Crippen molar-refractivity contribution >= 4 is 55.6 Å². The highest BCUT2D eigenvalue weighted by Gasteiger charge is 2.17. The van der Waals surface area contributed by atoms with E-state index < -0.39 is 16.8 Å². The van der Waals surface area contributed by atoms with Gasteiger partial charge in [-0.05, 0) is 28.9 Å². The highest BCUT2D eigenvalue weighted by Crippen LogP contribution is 2.25. The molecule has 2 aromatic heterocycles. The van der Waals surface area contributed by atoms with E-state index in [2.05, 4.69) is 25.9 Å². The number of hydrogen-bond acceptors (Lipinski definition) is 5. The van der Waals surface area contributed by atoms with Gasteiger partial charge in [0.25, 0.3) is 0 Å². The SMILES string of the molecule is CC(Cn1c(SCC(=O)O)nc2cc(Br)cnc21)S(C)=O. The zero-order chi connectivity index (χ0) is 15.6. The van der Waals surface area contributed by atoms with E-state index in [1.165, 1.54) is 0 Å². The Labute approximate surface area is 136 Å². The summed E-state index contributed by atoms with van der Waals surface area (Å²) in [6.45, 7) is 2.36. The van der Waals surface area contributed by atoms with Crippen LogP contribution in [0.25, 0.3) is 11.2 Å². The molecule has 9 heteroatoms. The van der Waals surface area contributed by atoms with Gasteiger partial charge < -0.3 is 9.67 Å². The monoisotopic (exact) mass is 391 g/mol. The van der Waals surface area contributed by atoms with E-state index in [1.807, 2.05) is 17.6 Å². The second-order valence-corrected chi connectivity index (χ2v) is 8.15. The van der Waals surface area contributed by atoms with Crippen molar-refractivity contribution in [2.24, 2.45) is 0 Å². The van der Waals surface area contributed by atoms with Gasteiger partial charge in [-0.1, -0.05) is 11.8 Å². The van der Waals surface area contributed by atoms with Crippen LogP contribution < -0.4 is 0 Å². The van der Waals surface area contributed by atoms with Gasteiger partial charge in [0, 0.05) is 39.5 Å². The van der Waals surface area contributed by atoms with Crippen molar-refractivity contribution < 1.29 is 14.1 Å². The molecule has 0 aromatic carbocycles. The number of thioether (sulfide) groups is 1. The van der Waals surface area contributed by atoms with Crippen molar-refractivity contribution in [1.29, 1.82) is 0 Å². The van der Waals surface area contributed by atoms with E-state index in [0.717, 1.165) is 16.2 Å². The molecule has 2 rings (SSSR count). The third-order valence-electron chi connectivity index (χ3n) is 2.85. The Morgan fingerprint density at radius 3 is 2.95 bits per heavy atom. The molecule has 2 atom stereocenters. The predicted octanol–water partition coefficient (Wildman–Crippen LogP) is 2.14. The zero-order valence-electron chi connectivity index (χ0n) is 11.4. The van der Waals surface area contributed by atoms with E-state index in [0.29, 0.717) is 22.9 Å². The Morgan fingerprint density at radius 1 is 1.62 bits per heavy atom. The van der Waals surface area contributed by atoms with Crippen LogP contribution in [0.5, 0.6) is 0 Å². The lowest BCUT2D eigenvalue weighted by atomic mass is 10.4. The van der Waals surface area contributed by atoms with E-state index in [9.17, 15) is 9.00 Å². The van der Waals surface area contributed by atoms with Crippen LogP contribution in [0.1, 0.15) is 6.92 Å². The fourth-order valence-electron chi connectivity index (χ4n) is 1.73. The number of carboxylic acids is 1. The number of halogens is 1. The highest BCUT2D eigenvalue weighted by atomic mass is 79.9. The molecule has 2 unspecified atom stereocenters. The summed E-state index contributed by atoms with van der Waals surface area (Å²) in [5.74, 6) is -0.978. The molecule has 1 N–H and O–H groups in total. The summed E-state index contributed by atoms with van der Waals surface area (Å²) in [6, 6.07) is 1.83. The van der Waals surface area contributed by atoms with Crippen LogP contribution in [-0.4, -0.2) is 47.1 Å². The average Bonchev–Trinajstić information content (AvgIpc) is 2.73. The minimum Gasteiger partial charge on any atom is -0.481 e. The van der Waals surface area contributed by atoms with Crippen molar-refractivity contribution in [1.82, 2.24) is 14.5 Å². The van der Waals surface area contributed by atoms with Gasteiger partial charge in [-0.25, -0.2) is 9.97 Å². The summed E-state index contributed by atoms with van der Waals surface area (Å²) in [7, 11) is -0.974. The predicted molar refractivity (Wildman–Crippen MR) is 87.1 cm³/mol. The number of hydrogen-bond donors (Lipinski definition) is 1. The van der Waals surface area contributed by atoms with Crippen LogP contribution in [0.2, 0.25) is 0 Å². The number of carboxylic acid groups (broad SMARTS) is 1. The number of nitrogens with zero attached hydrogens (tertiary/aromatic N) is 3. The third-order valence-corrected chi connectivity index (χ3v) is 5.52. The van der Waals surface area contributed by atoms with E-state index in [4.69, 9.17) is 5.11 Å². The van der Waals surface area contributed by atoms with Crippen molar-refractivity contribution in [3.63, 3.8) is 0 Å². The maximum Gasteiger partial charge on any atom is 0.313 e. The molecule has 0 bridgehead atoms. The second kappa shape index (κ2) is 6.89. The Morgan fingerprint density at radius 2 is 2.33 bits per heavy atom. The zero-order valence-corrected chi connectivity index (χ0v) is 14.7. The molecule has 0 saturated carbocycles. The van der Waals surface area contributed by atoms with Crippen LogP contribution in [0.3, 0.4) is 0 Å². The van der Waals surface area contributed by atoms with Crippen LogP contribution in [-0.2, 0) is 22.1 Å². The van der Waals surface area contributed by atoms with Crippen LogP contribution >= 0.6 is 27.7 Å². The van der Waals surface area contributed by atoms with Crippen molar-refractivity contribution in [3.8, 4) is 0 Å². The van der Waals surface area contributed by atoms with E-state index in [-0.39, 0.29) is 11.0 Å². The van der Waals surface area contributed by atoms with Crippen LogP contribution in [0.15, 0.2) is 21.9 Å². The Kier molecular flexibility index (Phi) is 5.39. The largest absolute Gasteiger partial charge is 0.481 e. The maximum absolute atomic E-state index is 11.6. The first-order chi connectivity index (χ1) is 9.88. The van der Waals surface area contributed by atoms with Gasteiger partial charge in [-0.15, -0.1) is 0 Å². The van der Waals surface area contributed by atoms with Crippen LogP contribution in [0, 0.1) is 0 Å². The number of aromatic nitrogens is 3. The van der Waals surface area contributed by atoms with Gasteiger partial charge in [0.1, 0.15) is 5.52 Å². The molecule has 0 fully saturated rings. The highest BCUT2D eigenvalue weighted by molar-refractivity contribution is 9.10. The number of carbonyl (C=O) groups is 1. The summed E-state index contributed by atoms with van der Waals surface area (Å²) >= 11 is 4.48. The van der Waals surface area contributed by atoms with E-state index >= 15 is 0 Å². The Bertz CT molecular complexity index is 704. The molecular formula is C12H14BrN3O3S2. The first kappa shape index (κ1) is 16.4. The first-order valence-corrected chi connectivity index (χ1v) is 9.47. The van der Waals surface area contributed by atoms with Gasteiger partial charge in [0.05, 0.1) is 5.75 Å². The van der Waals surface area contributed by atoms with Gasteiger partial charge in [-0.3, -0.25) is 9.00 Å². The van der Waals surface area contributed by atoms with Gasteiger partial charge in [-0.2, -0.15) is 0 Å². The summed E-state index contributed by atoms with van der Waals surface area (Å²) in [5.41, 5.74) is 1.36. The van der Waals surface area contributed by atoms with Crippen LogP contribution in [0.4, 0.5) is 0 Å². The maximum atomic E-state index is 11.6. The number of rotatable bonds is 6. The standard InChI is InChI=1S/C12H14BrN3O3S2/c1-7(21(2)19)5-16-11-9(3-8(13)4-14-11)15-12(16)20-6-10(17)18/h3-4,7H,5-6H2,1-2H3,(H,17,18). The molecule has 6 nitrogen and oxygen atoms in total. The number of pyridine rings is 1. The molecule has 0 saturated heterocycles. The van der Waals surface area contributed by atoms with Crippen molar-refractivity contribution in [2.75, 3.05) is 12.0 Å². The Hall–Kier alpha value is -0.930. The summed E-state index contributed by atoms with van der Waals surface area (Å²) in [4.78, 5) is 19.5. The normalized spacial score (nSPS) is 14.2. The van der Waals surface area contributed by atoms with E-state index in [1.54, 1.807) is 12.5 Å². The minimum atomic E-state index is -0.974. The lowest BCUT2D eigenvalue weighted by Gasteiger charge is -2.12. The minimum absolute atomic E-state index is 0.0722. The number of fused-ring (bicyclic) bond motifs is 1. The third kappa shape index (κ3) is 4.04. The number of aliphatic carboxylic acids is 1. The molecule has 21 heavy (non-hydrogen) atoms. The molecule has 0 aliphatic heterocycles. The molecule has 2 aromatic rings. The lowest BCUT2D eigenvalue weighted by Crippen LogP contribution is -2.18. The first-order valence-electron chi connectivity index (χ1n) is 6.07. The van der Waals surface area contributed by atoms with Gasteiger partial charge in [0.2, 0.25) is 0 Å². The summed E-state index contributed by atoms with van der Waals surface area (Å²) < 4.78 is 14.2. The quantitative estimate of drug-likeness (QED) is 0.759. The fourth-order valence-corrected chi connectivity index (χ4v) is 3.14. The smallest absolute Gasteiger partial charge is 0.313 e.